The van der Waals surface area contributed by atoms with Crippen LogP contribution < -0.4 is 0 Å². The summed E-state index contributed by atoms with van der Waals surface area (Å²) in [5, 5.41) is 0. The Balaban J connectivity index is 1.86. The van der Waals surface area contributed by atoms with Gasteiger partial charge in [-0.25, -0.2) is 0 Å². The number of aromatic nitrogens is 1. The van der Waals surface area contributed by atoms with Crippen LogP contribution in [0.4, 0.5) is 0 Å². The Morgan fingerprint density at radius 1 is 1.08 bits per heavy atom. The highest BCUT2D eigenvalue weighted by Gasteiger charge is 2.37. The number of thioether (sulfide) groups is 1. The van der Waals surface area contributed by atoms with E-state index in [-0.39, 0.29) is 5.91 Å². The lowest BCUT2D eigenvalue weighted by Gasteiger charge is -2.33. The monoisotopic (exact) mass is 336 g/mol. The van der Waals surface area contributed by atoms with Crippen LogP contribution in [0.2, 0.25) is 0 Å². The van der Waals surface area contributed by atoms with E-state index in [1.54, 1.807) is 24.2 Å². The largest absolute Gasteiger partial charge is 0.335 e. The van der Waals surface area contributed by atoms with Crippen LogP contribution in [0.3, 0.4) is 0 Å². The summed E-state index contributed by atoms with van der Waals surface area (Å²) in [6.07, 6.45) is 8.78. The summed E-state index contributed by atoms with van der Waals surface area (Å²) in [4.78, 5) is 20.6. The molecule has 122 valence electrons. The fourth-order valence-electron chi connectivity index (χ4n) is 3.80. The zero-order valence-electron chi connectivity index (χ0n) is 13.7. The first-order chi connectivity index (χ1) is 11.8. The predicted octanol–water partition coefficient (Wildman–Crippen LogP) is 4.11. The smallest absolute Gasteiger partial charge is 0.255 e. The lowest BCUT2D eigenvalue weighted by molar-refractivity contribution is -0.126. The summed E-state index contributed by atoms with van der Waals surface area (Å²) in [6, 6.07) is 12.8. The molecule has 0 spiro atoms. The third kappa shape index (κ3) is 2.65. The molecule has 4 heteroatoms. The van der Waals surface area contributed by atoms with Crippen LogP contribution >= 0.6 is 11.8 Å². The topological polar surface area (TPSA) is 33.2 Å². The van der Waals surface area contributed by atoms with Gasteiger partial charge >= 0.3 is 0 Å². The van der Waals surface area contributed by atoms with Crippen molar-refractivity contribution in [2.75, 3.05) is 12.8 Å². The molecule has 1 saturated heterocycles. The lowest BCUT2D eigenvalue weighted by Crippen LogP contribution is -2.39. The molecule has 2 aromatic rings. The quantitative estimate of drug-likeness (QED) is 0.791. The van der Waals surface area contributed by atoms with Crippen LogP contribution in [-0.4, -0.2) is 34.6 Å². The van der Waals surface area contributed by atoms with Crippen LogP contribution in [0.1, 0.15) is 30.4 Å². The number of fused-ring (bicyclic) bond motifs is 1. The van der Waals surface area contributed by atoms with E-state index in [2.05, 4.69) is 40.4 Å². The molecule has 3 heterocycles. The summed E-state index contributed by atoms with van der Waals surface area (Å²) in [6.45, 7) is 0.886. The maximum absolute atomic E-state index is 13.2. The second-order valence-electron chi connectivity index (χ2n) is 6.32. The normalized spacial score (nSPS) is 20.5. The molecule has 0 saturated carbocycles. The standard InChI is InChI=1S/C20H20N2OS/c1-24-17-6-4-14(5-7-17)18-13-16-3-2-12-22(16)20(23)19(18)15-8-10-21-11-9-15/h4-11,16H,2-3,12-13H2,1H3. The van der Waals surface area contributed by atoms with Gasteiger partial charge in [0, 0.05) is 29.9 Å². The van der Waals surface area contributed by atoms with Crippen molar-refractivity contribution in [3.8, 4) is 0 Å². The van der Waals surface area contributed by atoms with E-state index in [4.69, 9.17) is 0 Å². The summed E-state index contributed by atoms with van der Waals surface area (Å²) >= 11 is 1.74. The van der Waals surface area contributed by atoms with E-state index >= 15 is 0 Å². The van der Waals surface area contributed by atoms with Gasteiger partial charge in [0.1, 0.15) is 0 Å². The summed E-state index contributed by atoms with van der Waals surface area (Å²) in [5.41, 5.74) is 4.18. The van der Waals surface area contributed by atoms with Crippen LogP contribution in [0.15, 0.2) is 53.7 Å². The van der Waals surface area contributed by atoms with Crippen molar-refractivity contribution in [3.05, 3.63) is 59.9 Å². The van der Waals surface area contributed by atoms with E-state index in [9.17, 15) is 4.79 Å². The van der Waals surface area contributed by atoms with Crippen molar-refractivity contribution in [1.82, 2.24) is 9.88 Å². The molecule has 0 bridgehead atoms. The summed E-state index contributed by atoms with van der Waals surface area (Å²) in [7, 11) is 0. The molecule has 24 heavy (non-hydrogen) atoms. The average Bonchev–Trinajstić information content (AvgIpc) is 3.11. The molecule has 2 aliphatic heterocycles. The molecular formula is C20H20N2OS. The Morgan fingerprint density at radius 3 is 2.54 bits per heavy atom. The van der Waals surface area contributed by atoms with Crippen molar-refractivity contribution in [3.63, 3.8) is 0 Å². The second kappa shape index (κ2) is 6.44. The highest BCUT2D eigenvalue weighted by atomic mass is 32.2. The SMILES string of the molecule is CSc1ccc(C2=C(c3ccncc3)C(=O)N3CCCC3C2)cc1. The second-order valence-corrected chi connectivity index (χ2v) is 7.20. The number of carbonyl (C=O) groups excluding carboxylic acids is 1. The molecule has 1 atom stereocenters. The van der Waals surface area contributed by atoms with Crippen LogP contribution in [0, 0.1) is 0 Å². The van der Waals surface area contributed by atoms with E-state index in [0.29, 0.717) is 6.04 Å². The van der Waals surface area contributed by atoms with Gasteiger partial charge in [-0.15, -0.1) is 11.8 Å². The Kier molecular flexibility index (Phi) is 4.15. The third-order valence-electron chi connectivity index (χ3n) is 5.00. The number of rotatable bonds is 3. The van der Waals surface area contributed by atoms with Gasteiger partial charge in [-0.05, 0) is 66.5 Å². The number of hydrogen-bond acceptors (Lipinski definition) is 3. The maximum atomic E-state index is 13.2. The summed E-state index contributed by atoms with van der Waals surface area (Å²) < 4.78 is 0. The molecule has 1 aromatic carbocycles. The first-order valence-corrected chi connectivity index (χ1v) is 9.59. The average molecular weight is 336 g/mol. The number of nitrogens with zero attached hydrogens (tertiary/aromatic N) is 2. The minimum Gasteiger partial charge on any atom is -0.335 e. The zero-order chi connectivity index (χ0) is 16.5. The molecule has 1 amide bonds. The molecule has 0 aliphatic carbocycles. The number of hydrogen-bond donors (Lipinski definition) is 0. The van der Waals surface area contributed by atoms with Gasteiger partial charge in [-0.3, -0.25) is 9.78 Å². The number of amides is 1. The van der Waals surface area contributed by atoms with E-state index in [1.807, 2.05) is 12.1 Å². The molecule has 3 nitrogen and oxygen atoms in total. The minimum absolute atomic E-state index is 0.180. The first kappa shape index (κ1) is 15.5. The summed E-state index contributed by atoms with van der Waals surface area (Å²) in [5.74, 6) is 0.180. The van der Waals surface area contributed by atoms with Gasteiger partial charge in [0.2, 0.25) is 0 Å². The number of benzene rings is 1. The highest BCUT2D eigenvalue weighted by Crippen LogP contribution is 2.40. The van der Waals surface area contributed by atoms with Gasteiger partial charge in [-0.1, -0.05) is 12.1 Å². The Bertz CT molecular complexity index is 783. The molecule has 4 rings (SSSR count). The van der Waals surface area contributed by atoms with E-state index in [1.165, 1.54) is 16.0 Å². The van der Waals surface area contributed by atoms with Crippen LogP contribution in [-0.2, 0) is 4.79 Å². The Hall–Kier alpha value is -2.07. The van der Waals surface area contributed by atoms with Gasteiger partial charge < -0.3 is 4.90 Å². The first-order valence-electron chi connectivity index (χ1n) is 8.37. The van der Waals surface area contributed by atoms with E-state index in [0.717, 1.165) is 36.9 Å². The van der Waals surface area contributed by atoms with Crippen molar-refractivity contribution < 1.29 is 4.79 Å². The predicted molar refractivity (Wildman–Crippen MR) is 98.6 cm³/mol. The molecular weight excluding hydrogens is 316 g/mol. The fourth-order valence-corrected chi connectivity index (χ4v) is 4.20. The van der Waals surface area contributed by atoms with Gasteiger partial charge in [0.15, 0.2) is 0 Å². The number of carbonyl (C=O) groups is 1. The van der Waals surface area contributed by atoms with Crippen LogP contribution in [0.5, 0.6) is 0 Å². The fraction of sp³-hybridized carbons (Fsp3) is 0.300. The highest BCUT2D eigenvalue weighted by molar-refractivity contribution is 7.98. The van der Waals surface area contributed by atoms with Crippen LogP contribution in [0.25, 0.3) is 11.1 Å². The molecule has 1 aromatic heterocycles. The molecule has 1 fully saturated rings. The third-order valence-corrected chi connectivity index (χ3v) is 5.74. The molecule has 0 N–H and O–H groups in total. The van der Waals surface area contributed by atoms with Gasteiger partial charge in [0.05, 0.1) is 5.57 Å². The lowest BCUT2D eigenvalue weighted by atomic mass is 9.86. The van der Waals surface area contributed by atoms with Gasteiger partial charge in [-0.2, -0.15) is 0 Å². The molecule has 0 radical (unpaired) electrons. The van der Waals surface area contributed by atoms with Crippen molar-refractivity contribution in [1.29, 1.82) is 0 Å². The Morgan fingerprint density at radius 2 is 1.83 bits per heavy atom. The maximum Gasteiger partial charge on any atom is 0.255 e. The van der Waals surface area contributed by atoms with Gasteiger partial charge in [0.25, 0.3) is 5.91 Å². The molecule has 1 unspecified atom stereocenters. The van der Waals surface area contributed by atoms with Crippen molar-refractivity contribution >= 4 is 28.8 Å². The Labute approximate surface area is 146 Å². The zero-order valence-corrected chi connectivity index (χ0v) is 14.6. The minimum atomic E-state index is 0.180. The van der Waals surface area contributed by atoms with Crippen molar-refractivity contribution in [2.45, 2.75) is 30.2 Å². The number of pyridine rings is 1. The van der Waals surface area contributed by atoms with Crippen molar-refractivity contribution in [2.24, 2.45) is 0 Å². The van der Waals surface area contributed by atoms with E-state index < -0.39 is 0 Å². The molecule has 2 aliphatic rings.